The molecule has 2 aromatic carbocycles. The van der Waals surface area contributed by atoms with E-state index < -0.39 is 10.0 Å². The first kappa shape index (κ1) is 24.3. The zero-order valence-electron chi connectivity index (χ0n) is 16.8. The Morgan fingerprint density at radius 2 is 1.71 bits per heavy atom. The molecule has 0 aliphatic heterocycles. The van der Waals surface area contributed by atoms with E-state index in [1.807, 2.05) is 18.2 Å². The lowest BCUT2D eigenvalue weighted by Gasteiger charge is -2.15. The number of ether oxygens (including phenoxy) is 2. The Hall–Kier alpha value is -2.95. The van der Waals surface area contributed by atoms with Crippen LogP contribution in [0.4, 0.5) is 28.8 Å². The fraction of sp³-hybridized carbons (Fsp3) is 0.158. The summed E-state index contributed by atoms with van der Waals surface area (Å²) in [6.07, 6.45) is 2.49. The first-order valence-corrected chi connectivity index (χ1v) is 10.9. The van der Waals surface area contributed by atoms with Crippen molar-refractivity contribution in [2.45, 2.75) is 0 Å². The van der Waals surface area contributed by atoms with Gasteiger partial charge in [0.15, 0.2) is 5.82 Å². The van der Waals surface area contributed by atoms with Crippen LogP contribution in [-0.4, -0.2) is 38.9 Å². The van der Waals surface area contributed by atoms with Crippen LogP contribution in [0.2, 0.25) is 5.02 Å². The largest absolute Gasteiger partial charge is 0.497 e. The summed E-state index contributed by atoms with van der Waals surface area (Å²) in [6.45, 7) is 0. The van der Waals surface area contributed by atoms with E-state index in [1.54, 1.807) is 31.4 Å². The molecule has 0 fully saturated rings. The molecule has 0 bridgehead atoms. The number of anilines is 5. The highest BCUT2D eigenvalue weighted by molar-refractivity contribution is 7.92. The molecule has 0 amide bonds. The van der Waals surface area contributed by atoms with Crippen LogP contribution in [0.5, 0.6) is 11.5 Å². The van der Waals surface area contributed by atoms with Gasteiger partial charge in [-0.2, -0.15) is 4.98 Å². The van der Waals surface area contributed by atoms with Crippen LogP contribution in [0.15, 0.2) is 48.7 Å². The molecular formula is C19H21Cl2N5O4S. The van der Waals surface area contributed by atoms with Crippen LogP contribution in [0.25, 0.3) is 0 Å². The molecule has 1 aromatic heterocycles. The second-order valence-electron chi connectivity index (χ2n) is 6.13. The van der Waals surface area contributed by atoms with Gasteiger partial charge < -0.3 is 20.1 Å². The Kier molecular flexibility index (Phi) is 8.14. The molecule has 0 aliphatic carbocycles. The summed E-state index contributed by atoms with van der Waals surface area (Å²) in [5.74, 6) is 1.67. The van der Waals surface area contributed by atoms with Gasteiger partial charge >= 0.3 is 0 Å². The lowest BCUT2D eigenvalue weighted by atomic mass is 10.2. The SMILES string of the molecule is COc1ccc(Nc2nc(Nc3ccccc3OC)ncc2Cl)c(NS(C)(=O)=O)c1.Cl. The highest BCUT2D eigenvalue weighted by Gasteiger charge is 2.13. The predicted octanol–water partition coefficient (Wildman–Crippen LogP) is 4.43. The summed E-state index contributed by atoms with van der Waals surface area (Å²) in [7, 11) is -0.466. The predicted molar refractivity (Wildman–Crippen MR) is 125 cm³/mol. The molecule has 3 rings (SSSR count). The van der Waals surface area contributed by atoms with Crippen molar-refractivity contribution < 1.29 is 17.9 Å². The molecule has 3 aromatic rings. The molecule has 1 heterocycles. The van der Waals surface area contributed by atoms with E-state index in [9.17, 15) is 8.42 Å². The van der Waals surface area contributed by atoms with Crippen molar-refractivity contribution in [3.63, 3.8) is 0 Å². The molecule has 0 unspecified atom stereocenters. The number of hydrogen-bond donors (Lipinski definition) is 3. The highest BCUT2D eigenvalue weighted by Crippen LogP contribution is 2.33. The standard InChI is InChI=1S/C19H20ClN5O4S.ClH/c1-28-12-8-9-14(16(10-12)25-30(3,26)27)22-18-13(20)11-21-19(24-18)23-15-6-4-5-7-17(15)29-2;/h4-11,25H,1-3H3,(H2,21,22,23,24);1H. The maximum Gasteiger partial charge on any atom is 0.229 e. The molecule has 166 valence electrons. The normalized spacial score (nSPS) is 10.6. The van der Waals surface area contributed by atoms with Crippen LogP contribution >= 0.6 is 24.0 Å². The summed E-state index contributed by atoms with van der Waals surface area (Å²) < 4.78 is 36.4. The quantitative estimate of drug-likeness (QED) is 0.429. The number of nitrogens with one attached hydrogen (secondary N) is 3. The van der Waals surface area contributed by atoms with Crippen LogP contribution in [0.3, 0.4) is 0 Å². The third kappa shape index (κ3) is 6.51. The molecule has 31 heavy (non-hydrogen) atoms. The molecule has 0 saturated heterocycles. The van der Waals surface area contributed by atoms with E-state index in [0.717, 1.165) is 6.26 Å². The van der Waals surface area contributed by atoms with Crippen molar-refractivity contribution in [1.29, 1.82) is 0 Å². The molecule has 3 N–H and O–H groups in total. The Bertz CT molecular complexity index is 1160. The van der Waals surface area contributed by atoms with Crippen molar-refractivity contribution in [1.82, 2.24) is 9.97 Å². The van der Waals surface area contributed by atoms with Crippen LogP contribution in [0, 0.1) is 0 Å². The third-order valence-corrected chi connectivity index (χ3v) is 4.74. The van der Waals surface area contributed by atoms with Crippen LogP contribution in [0.1, 0.15) is 0 Å². The lowest BCUT2D eigenvalue weighted by Crippen LogP contribution is -2.11. The fourth-order valence-corrected chi connectivity index (χ4v) is 3.26. The Balaban J connectivity index is 0.00000341. The molecule has 12 heteroatoms. The monoisotopic (exact) mass is 485 g/mol. The zero-order valence-corrected chi connectivity index (χ0v) is 19.2. The van der Waals surface area contributed by atoms with Gasteiger partial charge in [-0.1, -0.05) is 23.7 Å². The number of halogens is 2. The number of rotatable bonds is 8. The second kappa shape index (κ2) is 10.4. The molecular weight excluding hydrogens is 465 g/mol. The van der Waals surface area contributed by atoms with E-state index in [0.29, 0.717) is 22.9 Å². The van der Waals surface area contributed by atoms with E-state index >= 15 is 0 Å². The Labute approximate surface area is 191 Å². The molecule has 0 saturated carbocycles. The van der Waals surface area contributed by atoms with E-state index in [4.69, 9.17) is 21.1 Å². The molecule has 9 nitrogen and oxygen atoms in total. The Morgan fingerprint density at radius 3 is 2.39 bits per heavy atom. The summed E-state index contributed by atoms with van der Waals surface area (Å²) in [5, 5.41) is 6.35. The van der Waals surface area contributed by atoms with Crippen LogP contribution in [-0.2, 0) is 10.0 Å². The second-order valence-corrected chi connectivity index (χ2v) is 8.28. The molecule has 0 radical (unpaired) electrons. The van der Waals surface area contributed by atoms with Crippen molar-refractivity contribution in [2.75, 3.05) is 35.8 Å². The van der Waals surface area contributed by atoms with Crippen molar-refractivity contribution in [2.24, 2.45) is 0 Å². The first-order valence-electron chi connectivity index (χ1n) is 8.64. The van der Waals surface area contributed by atoms with Gasteiger partial charge in [-0.05, 0) is 24.3 Å². The maximum atomic E-state index is 11.7. The van der Waals surface area contributed by atoms with Gasteiger partial charge in [0, 0.05) is 6.07 Å². The highest BCUT2D eigenvalue weighted by atomic mass is 35.5. The fourth-order valence-electron chi connectivity index (χ4n) is 2.55. The number of sulfonamides is 1. The number of methoxy groups -OCH3 is 2. The smallest absolute Gasteiger partial charge is 0.229 e. The third-order valence-electron chi connectivity index (χ3n) is 3.87. The minimum absolute atomic E-state index is 0. The first-order chi connectivity index (χ1) is 14.3. The van der Waals surface area contributed by atoms with Gasteiger partial charge in [0.25, 0.3) is 0 Å². The molecule has 0 atom stereocenters. The average molecular weight is 486 g/mol. The summed E-state index contributed by atoms with van der Waals surface area (Å²) in [5.41, 5.74) is 1.40. The number of benzene rings is 2. The molecule has 0 aliphatic rings. The van der Waals surface area contributed by atoms with E-state index in [-0.39, 0.29) is 34.9 Å². The van der Waals surface area contributed by atoms with Gasteiger partial charge in [-0.15, -0.1) is 12.4 Å². The van der Waals surface area contributed by atoms with Crippen molar-refractivity contribution in [3.8, 4) is 11.5 Å². The van der Waals surface area contributed by atoms with Gasteiger partial charge in [-0.3, -0.25) is 4.72 Å². The lowest BCUT2D eigenvalue weighted by molar-refractivity contribution is 0.415. The maximum absolute atomic E-state index is 11.7. The van der Waals surface area contributed by atoms with Gasteiger partial charge in [0.1, 0.15) is 16.5 Å². The summed E-state index contributed by atoms with van der Waals surface area (Å²) >= 11 is 6.25. The van der Waals surface area contributed by atoms with Gasteiger partial charge in [0.2, 0.25) is 16.0 Å². The summed E-state index contributed by atoms with van der Waals surface area (Å²) in [6, 6.07) is 12.2. The number of para-hydroxylation sites is 2. The number of nitrogens with zero attached hydrogens (tertiary/aromatic N) is 2. The Morgan fingerprint density at radius 1 is 0.968 bits per heavy atom. The molecule has 0 spiro atoms. The minimum atomic E-state index is -3.52. The minimum Gasteiger partial charge on any atom is -0.497 e. The van der Waals surface area contributed by atoms with E-state index in [2.05, 4.69) is 25.3 Å². The van der Waals surface area contributed by atoms with Crippen molar-refractivity contribution >= 4 is 62.9 Å². The zero-order chi connectivity index (χ0) is 21.7. The summed E-state index contributed by atoms with van der Waals surface area (Å²) in [4.78, 5) is 8.57. The number of hydrogen-bond acceptors (Lipinski definition) is 8. The van der Waals surface area contributed by atoms with Gasteiger partial charge in [-0.25, -0.2) is 13.4 Å². The average Bonchev–Trinajstić information content (AvgIpc) is 2.71. The van der Waals surface area contributed by atoms with Crippen molar-refractivity contribution in [3.05, 3.63) is 53.7 Å². The number of aromatic nitrogens is 2. The topological polar surface area (TPSA) is 114 Å². The van der Waals surface area contributed by atoms with E-state index in [1.165, 1.54) is 13.3 Å². The van der Waals surface area contributed by atoms with Gasteiger partial charge in [0.05, 0.1) is 43.7 Å². The van der Waals surface area contributed by atoms with Crippen LogP contribution < -0.4 is 24.8 Å².